The van der Waals surface area contributed by atoms with Gasteiger partial charge in [0.1, 0.15) is 5.54 Å². The molecule has 0 radical (unpaired) electrons. The topological polar surface area (TPSA) is 49.3 Å². The highest BCUT2D eigenvalue weighted by atomic mass is 79.9. The Morgan fingerprint density at radius 2 is 2.41 bits per heavy atom. The molecule has 1 fully saturated rings. The Kier molecular flexibility index (Phi) is 3.80. The van der Waals surface area contributed by atoms with Crippen LogP contribution in [0.4, 0.5) is 0 Å². The molecule has 0 unspecified atom stereocenters. The lowest BCUT2D eigenvalue weighted by molar-refractivity contribution is -0.144. The van der Waals surface area contributed by atoms with E-state index in [0.717, 1.165) is 34.3 Å². The lowest BCUT2D eigenvalue weighted by Gasteiger charge is -2.27. The van der Waals surface area contributed by atoms with Gasteiger partial charge < -0.3 is 10.4 Å². The second-order valence-corrected chi connectivity index (χ2v) is 5.89. The van der Waals surface area contributed by atoms with Crippen LogP contribution >= 0.6 is 28.1 Å². The molecule has 0 aromatic carbocycles. The molecule has 3 nitrogen and oxygen atoms in total. The molecular formula is C12H14BrNO2S. The number of halogens is 1. The first-order valence-electron chi connectivity index (χ1n) is 5.61. The number of carboxylic acid groups (broad SMARTS) is 1. The highest BCUT2D eigenvalue weighted by Gasteiger charge is 2.42. The third-order valence-corrected chi connectivity index (χ3v) is 4.28. The highest BCUT2D eigenvalue weighted by molar-refractivity contribution is 9.11. The molecule has 0 spiro atoms. The highest BCUT2D eigenvalue weighted by Crippen LogP contribution is 2.31. The van der Waals surface area contributed by atoms with E-state index < -0.39 is 11.5 Å². The molecule has 1 saturated heterocycles. The fourth-order valence-corrected chi connectivity index (χ4v) is 2.97. The first-order valence-corrected chi connectivity index (χ1v) is 6.81. The summed E-state index contributed by atoms with van der Waals surface area (Å²) >= 11 is 8.71. The number of thiocarbonyl (C=S) groups is 1. The summed E-state index contributed by atoms with van der Waals surface area (Å²) in [6.07, 6.45) is 6.71. The number of rotatable bonds is 3. The van der Waals surface area contributed by atoms with E-state index in [2.05, 4.69) is 21.2 Å². The Balaban J connectivity index is 2.21. The van der Waals surface area contributed by atoms with Gasteiger partial charge in [-0.3, -0.25) is 4.79 Å². The summed E-state index contributed by atoms with van der Waals surface area (Å²) in [4.78, 5) is 12.3. The van der Waals surface area contributed by atoms with E-state index in [4.69, 9.17) is 12.2 Å². The Hall–Kier alpha value is -0.520. The summed E-state index contributed by atoms with van der Waals surface area (Å²) in [5.74, 6) is -0.774. The average Bonchev–Trinajstić information content (AvgIpc) is 2.73. The van der Waals surface area contributed by atoms with E-state index in [1.165, 1.54) is 0 Å². The number of allylic oxidation sites excluding steroid dienone is 3. The van der Waals surface area contributed by atoms with Crippen molar-refractivity contribution >= 4 is 39.0 Å². The normalized spacial score (nSPS) is 28.9. The van der Waals surface area contributed by atoms with Crippen molar-refractivity contribution in [3.63, 3.8) is 0 Å². The molecule has 0 aromatic heterocycles. The van der Waals surface area contributed by atoms with E-state index >= 15 is 0 Å². The van der Waals surface area contributed by atoms with Crippen LogP contribution in [0, 0.1) is 0 Å². The van der Waals surface area contributed by atoms with Crippen LogP contribution < -0.4 is 5.32 Å². The average molecular weight is 316 g/mol. The standard InChI is InChI=1S/C12H14BrNO2S/c13-9-2-3-10(17)8(6-9)7-12(11(15)16)4-1-5-14-12/h2,6,14H,1,3-5,7H2,(H,15,16)/t12-/m1/s1. The minimum absolute atomic E-state index is 0.476. The molecule has 1 heterocycles. The lowest BCUT2D eigenvalue weighted by Crippen LogP contribution is -2.48. The minimum Gasteiger partial charge on any atom is -0.480 e. The van der Waals surface area contributed by atoms with E-state index in [1.54, 1.807) is 0 Å². The zero-order valence-electron chi connectivity index (χ0n) is 9.33. The van der Waals surface area contributed by atoms with Gasteiger partial charge in [-0.15, -0.1) is 0 Å². The largest absolute Gasteiger partial charge is 0.480 e. The summed E-state index contributed by atoms with van der Waals surface area (Å²) in [6.45, 7) is 0.767. The molecular weight excluding hydrogens is 302 g/mol. The van der Waals surface area contributed by atoms with E-state index in [9.17, 15) is 9.90 Å². The van der Waals surface area contributed by atoms with Crippen molar-refractivity contribution < 1.29 is 9.90 Å². The van der Waals surface area contributed by atoms with Crippen LogP contribution in [-0.4, -0.2) is 28.0 Å². The summed E-state index contributed by atoms with van der Waals surface area (Å²) in [5, 5.41) is 12.5. The van der Waals surface area contributed by atoms with Crippen LogP contribution in [0.5, 0.6) is 0 Å². The van der Waals surface area contributed by atoms with Crippen molar-refractivity contribution in [2.24, 2.45) is 0 Å². The predicted molar refractivity (Wildman–Crippen MR) is 74.5 cm³/mol. The Labute approximate surface area is 114 Å². The summed E-state index contributed by atoms with van der Waals surface area (Å²) in [5.41, 5.74) is 0.145. The second kappa shape index (κ2) is 5.00. The fraction of sp³-hybridized carbons (Fsp3) is 0.500. The number of nitrogens with one attached hydrogen (secondary N) is 1. The SMILES string of the molecule is O=C(O)[C@]1(CC2=CC(Br)=CCC2=S)CCCN1. The van der Waals surface area contributed by atoms with Crippen molar-refractivity contribution in [1.29, 1.82) is 0 Å². The molecule has 1 aliphatic heterocycles. The van der Waals surface area contributed by atoms with Gasteiger partial charge in [0.2, 0.25) is 0 Å². The molecule has 1 atom stereocenters. The van der Waals surface area contributed by atoms with Gasteiger partial charge in [0.25, 0.3) is 0 Å². The van der Waals surface area contributed by atoms with E-state index in [0.29, 0.717) is 12.8 Å². The van der Waals surface area contributed by atoms with Crippen LogP contribution in [0.3, 0.4) is 0 Å². The first-order chi connectivity index (χ1) is 8.03. The van der Waals surface area contributed by atoms with Crippen molar-refractivity contribution in [3.8, 4) is 0 Å². The van der Waals surface area contributed by atoms with E-state index in [1.807, 2.05) is 12.2 Å². The van der Waals surface area contributed by atoms with Gasteiger partial charge >= 0.3 is 5.97 Å². The van der Waals surface area contributed by atoms with Gasteiger partial charge in [-0.2, -0.15) is 0 Å². The van der Waals surface area contributed by atoms with Gasteiger partial charge in [-0.25, -0.2) is 0 Å². The predicted octanol–water partition coefficient (Wildman–Crippen LogP) is 2.56. The van der Waals surface area contributed by atoms with Gasteiger partial charge in [0.05, 0.1) is 0 Å². The van der Waals surface area contributed by atoms with Crippen LogP contribution in [0.1, 0.15) is 25.7 Å². The zero-order chi connectivity index (χ0) is 12.5. The lowest BCUT2D eigenvalue weighted by atomic mass is 9.86. The summed E-state index contributed by atoms with van der Waals surface area (Å²) < 4.78 is 0.986. The third kappa shape index (κ3) is 2.67. The summed E-state index contributed by atoms with van der Waals surface area (Å²) in [6, 6.07) is 0. The van der Waals surface area contributed by atoms with Crippen molar-refractivity contribution in [2.45, 2.75) is 31.2 Å². The number of hydrogen-bond donors (Lipinski definition) is 2. The molecule has 2 rings (SSSR count). The van der Waals surface area contributed by atoms with Gasteiger partial charge in [0.15, 0.2) is 0 Å². The van der Waals surface area contributed by atoms with Crippen molar-refractivity contribution in [2.75, 3.05) is 6.54 Å². The quantitative estimate of drug-likeness (QED) is 0.786. The molecule has 0 saturated carbocycles. The maximum absolute atomic E-state index is 11.4. The third-order valence-electron chi connectivity index (χ3n) is 3.30. The number of hydrogen-bond acceptors (Lipinski definition) is 3. The van der Waals surface area contributed by atoms with Crippen molar-refractivity contribution in [3.05, 3.63) is 22.2 Å². The number of aliphatic carboxylic acids is 1. The smallest absolute Gasteiger partial charge is 0.324 e. The second-order valence-electron chi connectivity index (χ2n) is 4.48. The Bertz CT molecular complexity index is 422. The molecule has 92 valence electrons. The van der Waals surface area contributed by atoms with Crippen molar-refractivity contribution in [1.82, 2.24) is 5.32 Å². The van der Waals surface area contributed by atoms with Crippen LogP contribution in [0.2, 0.25) is 0 Å². The molecule has 0 aromatic rings. The Morgan fingerprint density at radius 3 is 3.00 bits per heavy atom. The maximum atomic E-state index is 11.4. The minimum atomic E-state index is -0.819. The molecule has 0 amide bonds. The summed E-state index contributed by atoms with van der Waals surface area (Å²) in [7, 11) is 0. The molecule has 1 aliphatic carbocycles. The van der Waals surface area contributed by atoms with Gasteiger partial charge in [0, 0.05) is 22.2 Å². The molecule has 5 heteroatoms. The van der Waals surface area contributed by atoms with E-state index in [-0.39, 0.29) is 0 Å². The van der Waals surface area contributed by atoms with Gasteiger partial charge in [-0.05, 0) is 31.0 Å². The molecule has 0 bridgehead atoms. The Morgan fingerprint density at radius 1 is 1.65 bits per heavy atom. The molecule has 17 heavy (non-hydrogen) atoms. The first kappa shape index (κ1) is 12.9. The van der Waals surface area contributed by atoms with Gasteiger partial charge in [-0.1, -0.05) is 34.2 Å². The van der Waals surface area contributed by atoms with Crippen LogP contribution in [0.25, 0.3) is 0 Å². The van der Waals surface area contributed by atoms with Crippen LogP contribution in [0.15, 0.2) is 22.2 Å². The molecule has 2 aliphatic rings. The fourth-order valence-electron chi connectivity index (χ4n) is 2.32. The molecule has 2 N–H and O–H groups in total. The monoisotopic (exact) mass is 315 g/mol. The van der Waals surface area contributed by atoms with Crippen LogP contribution in [-0.2, 0) is 4.79 Å². The maximum Gasteiger partial charge on any atom is 0.324 e. The zero-order valence-corrected chi connectivity index (χ0v) is 11.7. The number of carbonyl (C=O) groups is 1. The number of carboxylic acids is 1.